The van der Waals surface area contributed by atoms with E-state index in [-0.39, 0.29) is 5.91 Å². The van der Waals surface area contributed by atoms with Crippen molar-refractivity contribution >= 4 is 17.1 Å². The summed E-state index contributed by atoms with van der Waals surface area (Å²) >= 11 is 0. The number of terminal acetylenes is 1. The number of carbonyl (C=O) groups is 1. The molecule has 5 aromatic rings. The Balaban J connectivity index is 1.16. The molecule has 168 valence electrons. The van der Waals surface area contributed by atoms with Crippen LogP contribution < -0.4 is 5.32 Å². The zero-order valence-corrected chi connectivity index (χ0v) is 18.8. The quantitative estimate of drug-likeness (QED) is 0.403. The lowest BCUT2D eigenvalue weighted by atomic mass is 10.1. The molecule has 0 radical (unpaired) electrons. The van der Waals surface area contributed by atoms with Crippen molar-refractivity contribution < 1.29 is 4.79 Å². The number of aromatic nitrogens is 6. The van der Waals surface area contributed by atoms with Gasteiger partial charge >= 0.3 is 0 Å². The third-order valence-corrected chi connectivity index (χ3v) is 6.27. The molecular formula is C26H23N7O. The fraction of sp³-hybridized carbons (Fsp3) is 0.231. The third kappa shape index (κ3) is 3.61. The number of hydrogen-bond donors (Lipinski definition) is 1. The largest absolute Gasteiger partial charge is 0.346 e. The number of hydrogen-bond acceptors (Lipinski definition) is 4. The van der Waals surface area contributed by atoms with Crippen LogP contribution in [0.2, 0.25) is 0 Å². The van der Waals surface area contributed by atoms with Crippen molar-refractivity contribution in [2.45, 2.75) is 38.8 Å². The van der Waals surface area contributed by atoms with Gasteiger partial charge in [-0.25, -0.2) is 9.97 Å². The van der Waals surface area contributed by atoms with Gasteiger partial charge in [0.1, 0.15) is 11.3 Å². The van der Waals surface area contributed by atoms with E-state index in [2.05, 4.69) is 33.5 Å². The standard InChI is InChI=1S/C26H23N7O/c1-3-23-21(18-4-5-18)6-7-25-30-20(15-33(23)25)14-32-13-19(11-29-32)26(34)27-12-22-24-10-17(2)8-9-31(24)16-28-22/h1,6-11,13,15-16,18H,4-5,12,14H2,2H3,(H,27,34). The van der Waals surface area contributed by atoms with Crippen LogP contribution >= 0.6 is 0 Å². The van der Waals surface area contributed by atoms with E-state index >= 15 is 0 Å². The van der Waals surface area contributed by atoms with Crippen LogP contribution in [0, 0.1) is 19.3 Å². The van der Waals surface area contributed by atoms with Gasteiger partial charge in [-0.05, 0) is 55.0 Å². The van der Waals surface area contributed by atoms with Crippen LogP contribution in [0.5, 0.6) is 0 Å². The van der Waals surface area contributed by atoms with Gasteiger partial charge in [0, 0.05) is 18.6 Å². The van der Waals surface area contributed by atoms with Crippen molar-refractivity contribution in [3.63, 3.8) is 0 Å². The van der Waals surface area contributed by atoms with E-state index in [9.17, 15) is 4.79 Å². The average Bonchev–Trinajstić information content (AvgIpc) is 3.24. The number of nitrogens with zero attached hydrogens (tertiary/aromatic N) is 6. The van der Waals surface area contributed by atoms with Crippen molar-refractivity contribution in [2.24, 2.45) is 0 Å². The molecule has 1 aliphatic carbocycles. The van der Waals surface area contributed by atoms with Gasteiger partial charge < -0.3 is 9.72 Å². The predicted molar refractivity (Wildman–Crippen MR) is 128 cm³/mol. The Morgan fingerprint density at radius 3 is 2.97 bits per heavy atom. The number of fused-ring (bicyclic) bond motifs is 2. The maximum absolute atomic E-state index is 12.7. The summed E-state index contributed by atoms with van der Waals surface area (Å²) in [5, 5.41) is 7.29. The van der Waals surface area contributed by atoms with Crippen LogP contribution in [0.3, 0.4) is 0 Å². The highest BCUT2D eigenvalue weighted by molar-refractivity contribution is 5.93. The second-order valence-corrected chi connectivity index (χ2v) is 8.81. The molecule has 6 rings (SSSR count). The SMILES string of the molecule is C#Cc1c(C2CC2)ccc2nc(Cn3cc(C(=O)NCc4ncn5ccc(C)cc45)cn3)cn12. The Hall–Kier alpha value is -4.38. The Labute approximate surface area is 196 Å². The van der Waals surface area contributed by atoms with E-state index in [0.717, 1.165) is 33.8 Å². The lowest BCUT2D eigenvalue weighted by Crippen LogP contribution is -2.22. The van der Waals surface area contributed by atoms with Gasteiger partial charge in [0.15, 0.2) is 0 Å². The Morgan fingerprint density at radius 2 is 2.15 bits per heavy atom. The molecule has 1 fully saturated rings. The van der Waals surface area contributed by atoms with E-state index in [1.165, 1.54) is 18.4 Å². The number of rotatable bonds is 6. The maximum atomic E-state index is 12.7. The Kier molecular flexibility index (Phi) is 4.69. The smallest absolute Gasteiger partial charge is 0.254 e. The highest BCUT2D eigenvalue weighted by Gasteiger charge is 2.27. The number of nitrogens with one attached hydrogen (secondary N) is 1. The van der Waals surface area contributed by atoms with Crippen molar-refractivity contribution in [1.29, 1.82) is 0 Å². The molecule has 5 heterocycles. The van der Waals surface area contributed by atoms with E-state index in [0.29, 0.717) is 24.6 Å². The van der Waals surface area contributed by atoms with E-state index < -0.39 is 0 Å². The predicted octanol–water partition coefficient (Wildman–Crippen LogP) is 3.32. The van der Waals surface area contributed by atoms with Crippen molar-refractivity contribution in [3.05, 3.63) is 89.2 Å². The molecule has 1 saturated carbocycles. The van der Waals surface area contributed by atoms with E-state index in [4.69, 9.17) is 11.4 Å². The van der Waals surface area contributed by atoms with Gasteiger partial charge in [-0.1, -0.05) is 12.0 Å². The zero-order valence-electron chi connectivity index (χ0n) is 18.8. The molecular weight excluding hydrogens is 426 g/mol. The summed E-state index contributed by atoms with van der Waals surface area (Å²) in [7, 11) is 0. The van der Waals surface area contributed by atoms with Gasteiger partial charge in [-0.15, -0.1) is 6.42 Å². The van der Waals surface area contributed by atoms with E-state index in [1.54, 1.807) is 23.4 Å². The van der Waals surface area contributed by atoms with Crippen LogP contribution in [0.15, 0.2) is 55.4 Å². The topological polar surface area (TPSA) is 81.5 Å². The minimum absolute atomic E-state index is 0.196. The Morgan fingerprint density at radius 1 is 1.26 bits per heavy atom. The van der Waals surface area contributed by atoms with Crippen LogP contribution in [0.25, 0.3) is 11.2 Å². The average molecular weight is 450 g/mol. The van der Waals surface area contributed by atoms with E-state index in [1.807, 2.05) is 40.3 Å². The monoisotopic (exact) mass is 449 g/mol. The van der Waals surface area contributed by atoms with Crippen molar-refractivity contribution in [3.8, 4) is 12.3 Å². The molecule has 34 heavy (non-hydrogen) atoms. The van der Waals surface area contributed by atoms with Crippen molar-refractivity contribution in [2.75, 3.05) is 0 Å². The maximum Gasteiger partial charge on any atom is 0.254 e. The molecule has 8 heteroatoms. The minimum Gasteiger partial charge on any atom is -0.346 e. The van der Waals surface area contributed by atoms with Gasteiger partial charge in [0.2, 0.25) is 0 Å². The molecule has 1 N–H and O–H groups in total. The molecule has 8 nitrogen and oxygen atoms in total. The molecule has 0 aliphatic heterocycles. The lowest BCUT2D eigenvalue weighted by molar-refractivity contribution is 0.0950. The molecule has 0 bridgehead atoms. The summed E-state index contributed by atoms with van der Waals surface area (Å²) in [5.41, 5.74) is 7.19. The first-order valence-electron chi connectivity index (χ1n) is 11.3. The third-order valence-electron chi connectivity index (χ3n) is 6.27. The minimum atomic E-state index is -0.196. The summed E-state index contributed by atoms with van der Waals surface area (Å²) < 4.78 is 5.64. The fourth-order valence-electron chi connectivity index (χ4n) is 4.36. The summed E-state index contributed by atoms with van der Waals surface area (Å²) in [6.45, 7) is 2.82. The second kappa shape index (κ2) is 7.89. The molecule has 0 saturated heterocycles. The molecule has 1 amide bonds. The van der Waals surface area contributed by atoms with Gasteiger partial charge in [0.05, 0.1) is 48.1 Å². The zero-order chi connectivity index (χ0) is 23.2. The molecule has 5 aromatic heterocycles. The van der Waals surface area contributed by atoms with Crippen LogP contribution in [0.4, 0.5) is 0 Å². The molecule has 0 aromatic carbocycles. The molecule has 0 atom stereocenters. The fourth-order valence-corrected chi connectivity index (χ4v) is 4.36. The van der Waals surface area contributed by atoms with Gasteiger partial charge in [0.25, 0.3) is 5.91 Å². The number of amides is 1. The lowest BCUT2D eigenvalue weighted by Gasteiger charge is -2.05. The summed E-state index contributed by atoms with van der Waals surface area (Å²) in [5.74, 6) is 3.21. The van der Waals surface area contributed by atoms with Crippen LogP contribution in [-0.2, 0) is 13.1 Å². The first kappa shape index (κ1) is 20.2. The first-order chi connectivity index (χ1) is 16.6. The van der Waals surface area contributed by atoms with Crippen molar-refractivity contribution in [1.82, 2.24) is 33.9 Å². The molecule has 0 unspecified atom stereocenters. The van der Waals surface area contributed by atoms with Crippen LogP contribution in [-0.4, -0.2) is 34.5 Å². The first-order valence-corrected chi connectivity index (χ1v) is 11.3. The van der Waals surface area contributed by atoms with Gasteiger partial charge in [-0.3, -0.25) is 13.9 Å². The molecule has 1 aliphatic rings. The normalized spacial score (nSPS) is 13.4. The summed E-state index contributed by atoms with van der Waals surface area (Å²) in [6.07, 6.45) is 17.2. The highest BCUT2D eigenvalue weighted by atomic mass is 16.1. The Bertz CT molecular complexity index is 1590. The number of imidazole rings is 2. The summed E-state index contributed by atoms with van der Waals surface area (Å²) in [4.78, 5) is 21.8. The highest BCUT2D eigenvalue weighted by Crippen LogP contribution is 2.41. The van der Waals surface area contributed by atoms with Gasteiger partial charge in [-0.2, -0.15) is 5.10 Å². The number of pyridine rings is 2. The van der Waals surface area contributed by atoms with Crippen LogP contribution in [0.1, 0.15) is 57.3 Å². The number of aryl methyl sites for hydroxylation is 1. The molecule has 0 spiro atoms. The number of carbonyl (C=O) groups excluding carboxylic acids is 1. The second-order valence-electron chi connectivity index (χ2n) is 8.81. The summed E-state index contributed by atoms with van der Waals surface area (Å²) in [6, 6.07) is 8.19.